The molecule has 178 valence electrons. The van der Waals surface area contributed by atoms with Gasteiger partial charge in [-0.3, -0.25) is 5.32 Å². The van der Waals surface area contributed by atoms with E-state index in [2.05, 4.69) is 10.3 Å². The summed E-state index contributed by atoms with van der Waals surface area (Å²) in [5.41, 5.74) is 3.01. The Bertz CT molecular complexity index is 1230. The van der Waals surface area contributed by atoms with Gasteiger partial charge in [0.25, 0.3) is 0 Å². The number of carbonyl (C=O) groups excluding carboxylic acids is 3. The molecule has 0 saturated carbocycles. The maximum atomic E-state index is 12.1. The molecular weight excluding hydrogens is 452 g/mol. The normalized spacial score (nSPS) is 10.1. The molecule has 0 bridgehead atoms. The predicted octanol–water partition coefficient (Wildman–Crippen LogP) is 4.74. The van der Waals surface area contributed by atoms with Gasteiger partial charge in [-0.15, -0.1) is 0 Å². The summed E-state index contributed by atoms with van der Waals surface area (Å²) in [5, 5.41) is 11.7. The van der Waals surface area contributed by atoms with Crippen LogP contribution in [0.2, 0.25) is 0 Å². The number of nitrogens with zero attached hydrogens (tertiary/aromatic N) is 1. The number of anilines is 1. The van der Waals surface area contributed by atoms with Crippen molar-refractivity contribution in [1.29, 1.82) is 0 Å². The first-order valence-electron chi connectivity index (χ1n) is 10.7. The van der Waals surface area contributed by atoms with E-state index in [0.29, 0.717) is 17.8 Å². The highest BCUT2D eigenvalue weighted by Crippen LogP contribution is 2.17. The van der Waals surface area contributed by atoms with Crippen molar-refractivity contribution >= 4 is 35.5 Å². The Kier molecular flexibility index (Phi) is 8.87. The predicted molar refractivity (Wildman–Crippen MR) is 127 cm³/mol. The van der Waals surface area contributed by atoms with Crippen LogP contribution in [0.3, 0.4) is 0 Å². The number of esters is 1. The number of benzene rings is 3. The van der Waals surface area contributed by atoms with Gasteiger partial charge >= 0.3 is 18.0 Å². The number of aliphatic imine (C=N–C) groups is 1. The van der Waals surface area contributed by atoms with Gasteiger partial charge in [-0.2, -0.15) is 4.99 Å². The van der Waals surface area contributed by atoms with E-state index in [4.69, 9.17) is 14.6 Å². The third kappa shape index (κ3) is 7.66. The molecule has 0 aliphatic rings. The monoisotopic (exact) mass is 474 g/mol. The Hall–Kier alpha value is -4.75. The van der Waals surface area contributed by atoms with E-state index in [1.807, 2.05) is 24.3 Å². The molecule has 3 aromatic carbocycles. The third-order valence-corrected chi connectivity index (χ3v) is 4.85. The maximum Gasteiger partial charge on any atom is 0.411 e. The van der Waals surface area contributed by atoms with Crippen molar-refractivity contribution in [2.75, 3.05) is 18.5 Å². The van der Waals surface area contributed by atoms with E-state index in [1.165, 1.54) is 24.3 Å². The van der Waals surface area contributed by atoms with E-state index in [9.17, 15) is 19.2 Å². The minimum atomic E-state index is -1.22. The van der Waals surface area contributed by atoms with Crippen molar-refractivity contribution in [3.05, 3.63) is 95.1 Å². The number of hydrogen-bond acceptors (Lipinski definition) is 7. The quantitative estimate of drug-likeness (QED) is 0.188. The standard InChI is InChI=1S/C26H22N2O7/c29-17-27-20-10-6-18(7-11-20)16-19-8-12-21(13-9-19)28-26(33)35-15-3-14-34-25(32)23-5-2-1-4-22(23)24(30)31/h1-2,4-13H,3,14-16H2,(H,28,33)(H,30,31). The van der Waals surface area contributed by atoms with Crippen LogP contribution in [0.5, 0.6) is 0 Å². The second kappa shape index (κ2) is 12.5. The van der Waals surface area contributed by atoms with Crippen molar-refractivity contribution in [1.82, 2.24) is 0 Å². The lowest BCUT2D eigenvalue weighted by atomic mass is 10.0. The van der Waals surface area contributed by atoms with Crippen molar-refractivity contribution in [2.45, 2.75) is 12.8 Å². The highest BCUT2D eigenvalue weighted by Gasteiger charge is 2.16. The number of isocyanates is 1. The molecule has 3 aromatic rings. The van der Waals surface area contributed by atoms with Crippen LogP contribution in [0.4, 0.5) is 16.2 Å². The first-order valence-corrected chi connectivity index (χ1v) is 10.7. The number of nitrogens with one attached hydrogen (secondary N) is 1. The number of carboxylic acid groups (broad SMARTS) is 1. The number of hydrogen-bond donors (Lipinski definition) is 2. The number of rotatable bonds is 10. The number of amides is 1. The molecule has 0 aliphatic heterocycles. The summed E-state index contributed by atoms with van der Waals surface area (Å²) in [6.45, 7) is -0.0147. The van der Waals surface area contributed by atoms with Gasteiger partial charge in [-0.25, -0.2) is 19.2 Å². The summed E-state index contributed by atoms with van der Waals surface area (Å²) < 4.78 is 10.1. The molecule has 9 nitrogen and oxygen atoms in total. The summed E-state index contributed by atoms with van der Waals surface area (Å²) in [5.74, 6) is -1.97. The number of ether oxygens (including phenoxy) is 2. The Morgan fingerprint density at radius 1 is 0.829 bits per heavy atom. The minimum Gasteiger partial charge on any atom is -0.478 e. The van der Waals surface area contributed by atoms with E-state index >= 15 is 0 Å². The van der Waals surface area contributed by atoms with Gasteiger partial charge in [0.1, 0.15) is 0 Å². The van der Waals surface area contributed by atoms with Gasteiger partial charge in [-0.05, 0) is 53.9 Å². The molecule has 35 heavy (non-hydrogen) atoms. The molecule has 0 aliphatic carbocycles. The van der Waals surface area contributed by atoms with Gasteiger partial charge in [0.05, 0.1) is 30.0 Å². The second-order valence-corrected chi connectivity index (χ2v) is 7.34. The smallest absolute Gasteiger partial charge is 0.411 e. The largest absolute Gasteiger partial charge is 0.478 e. The fourth-order valence-corrected chi connectivity index (χ4v) is 3.15. The molecule has 0 radical (unpaired) electrons. The lowest BCUT2D eigenvalue weighted by molar-refractivity contribution is 0.0467. The zero-order valence-electron chi connectivity index (χ0n) is 18.6. The maximum absolute atomic E-state index is 12.1. The van der Waals surface area contributed by atoms with Crippen molar-refractivity contribution < 1.29 is 33.8 Å². The third-order valence-electron chi connectivity index (χ3n) is 4.85. The summed E-state index contributed by atoms with van der Waals surface area (Å²) >= 11 is 0. The van der Waals surface area contributed by atoms with Crippen LogP contribution in [-0.4, -0.2) is 42.4 Å². The van der Waals surface area contributed by atoms with Crippen molar-refractivity contribution in [2.24, 2.45) is 4.99 Å². The van der Waals surface area contributed by atoms with Crippen LogP contribution in [-0.2, 0) is 20.7 Å². The summed E-state index contributed by atoms with van der Waals surface area (Å²) in [6, 6.07) is 20.3. The lowest BCUT2D eigenvalue weighted by Crippen LogP contribution is -2.16. The minimum absolute atomic E-state index is 0.0158. The molecule has 0 heterocycles. The topological polar surface area (TPSA) is 131 Å². The zero-order valence-corrected chi connectivity index (χ0v) is 18.6. The summed E-state index contributed by atoms with van der Waals surface area (Å²) in [7, 11) is 0. The second-order valence-electron chi connectivity index (χ2n) is 7.34. The van der Waals surface area contributed by atoms with Gasteiger partial charge in [-0.1, -0.05) is 36.4 Å². The zero-order chi connectivity index (χ0) is 25.0. The molecule has 3 rings (SSSR count). The number of aromatic carboxylic acids is 1. The lowest BCUT2D eigenvalue weighted by Gasteiger charge is -2.09. The van der Waals surface area contributed by atoms with Crippen molar-refractivity contribution in [3.63, 3.8) is 0 Å². The fraction of sp³-hybridized carbons (Fsp3) is 0.154. The van der Waals surface area contributed by atoms with Gasteiger partial charge < -0.3 is 14.6 Å². The molecule has 0 unspecified atom stereocenters. The van der Waals surface area contributed by atoms with E-state index in [0.717, 1.165) is 11.1 Å². The molecule has 0 saturated heterocycles. The number of carboxylic acids is 1. The molecule has 0 fully saturated rings. The molecular formula is C26H22N2O7. The average molecular weight is 474 g/mol. The van der Waals surface area contributed by atoms with Crippen LogP contribution in [0, 0.1) is 0 Å². The SMILES string of the molecule is O=C=Nc1ccc(Cc2ccc(NC(=O)OCCCOC(=O)c3ccccc3C(=O)O)cc2)cc1. The van der Waals surface area contributed by atoms with E-state index in [1.54, 1.807) is 30.3 Å². The first kappa shape index (κ1) is 24.9. The van der Waals surface area contributed by atoms with Gasteiger partial charge in [0, 0.05) is 12.1 Å². The van der Waals surface area contributed by atoms with Crippen molar-refractivity contribution in [3.8, 4) is 0 Å². The summed E-state index contributed by atoms with van der Waals surface area (Å²) in [6.07, 6.45) is 1.78. The van der Waals surface area contributed by atoms with E-state index < -0.39 is 18.0 Å². The van der Waals surface area contributed by atoms with Crippen LogP contribution in [0.25, 0.3) is 0 Å². The van der Waals surface area contributed by atoms with E-state index in [-0.39, 0.29) is 30.8 Å². The molecule has 0 aromatic heterocycles. The van der Waals surface area contributed by atoms with Crippen LogP contribution in [0.15, 0.2) is 77.8 Å². The highest BCUT2D eigenvalue weighted by molar-refractivity contribution is 6.02. The fourth-order valence-electron chi connectivity index (χ4n) is 3.15. The van der Waals surface area contributed by atoms with Gasteiger partial charge in [0.2, 0.25) is 6.08 Å². The van der Waals surface area contributed by atoms with Crippen LogP contribution < -0.4 is 5.32 Å². The number of carbonyl (C=O) groups is 3. The first-order chi connectivity index (χ1) is 17.0. The highest BCUT2D eigenvalue weighted by atomic mass is 16.6. The Morgan fingerprint density at radius 2 is 1.43 bits per heavy atom. The average Bonchev–Trinajstić information content (AvgIpc) is 2.86. The Labute approximate surface area is 201 Å². The molecule has 1 amide bonds. The molecule has 0 spiro atoms. The summed E-state index contributed by atoms with van der Waals surface area (Å²) in [4.78, 5) is 49.1. The van der Waals surface area contributed by atoms with Gasteiger partial charge in [0.15, 0.2) is 0 Å². The van der Waals surface area contributed by atoms with Crippen LogP contribution >= 0.6 is 0 Å². The Morgan fingerprint density at radius 3 is 2.06 bits per heavy atom. The van der Waals surface area contributed by atoms with Crippen LogP contribution in [0.1, 0.15) is 38.3 Å². The molecule has 9 heteroatoms. The Balaban J connectivity index is 1.38. The molecule has 2 N–H and O–H groups in total. The molecule has 0 atom stereocenters.